The van der Waals surface area contributed by atoms with Gasteiger partial charge in [0.25, 0.3) is 0 Å². The first kappa shape index (κ1) is 41.6. The molecule has 284 valence electrons. The molecule has 5 atom stereocenters. The van der Waals surface area contributed by atoms with Crippen LogP contribution in [0.5, 0.6) is 0 Å². The van der Waals surface area contributed by atoms with Crippen molar-refractivity contribution in [2.75, 3.05) is 19.8 Å². The van der Waals surface area contributed by atoms with Crippen LogP contribution in [0.2, 0.25) is 0 Å². The van der Waals surface area contributed by atoms with Crippen molar-refractivity contribution in [3.8, 4) is 0 Å². The third-order valence-electron chi connectivity index (χ3n) is 8.47. The molecule has 2 amide bonds. The molecule has 1 aliphatic carbocycles. The maximum atomic E-state index is 13.7. The lowest BCUT2D eigenvalue weighted by molar-refractivity contribution is -0.190. The zero-order valence-electron chi connectivity index (χ0n) is 29.2. The monoisotopic (exact) mass is 726 g/mol. The molecule has 0 bridgehead atoms. The highest BCUT2D eigenvalue weighted by Gasteiger charge is 2.52. The van der Waals surface area contributed by atoms with Crippen LogP contribution < -0.4 is 10.6 Å². The van der Waals surface area contributed by atoms with Gasteiger partial charge in [0.1, 0.15) is 24.4 Å². The molecule has 0 radical (unpaired) electrons. The number of fused-ring (bicyclic) bond motifs is 1. The molecule has 0 spiro atoms. The average molecular weight is 727 g/mol. The van der Waals surface area contributed by atoms with Gasteiger partial charge >= 0.3 is 18.1 Å². The van der Waals surface area contributed by atoms with Gasteiger partial charge in [0.15, 0.2) is 12.4 Å². The molecule has 15 heteroatoms. The highest BCUT2D eigenvalue weighted by molar-refractivity contribution is 5.98. The van der Waals surface area contributed by atoms with E-state index in [-0.39, 0.29) is 36.3 Å². The van der Waals surface area contributed by atoms with Crippen molar-refractivity contribution in [3.63, 3.8) is 0 Å². The van der Waals surface area contributed by atoms with Gasteiger partial charge in [-0.2, -0.15) is 13.2 Å². The fraction of sp³-hybridized carbons (Fsp3) is 0.611. The maximum absolute atomic E-state index is 13.7. The second-order valence-electron chi connectivity index (χ2n) is 12.7. The SMILES string of the molecule is CCCCCC1(CCCCC)O[C@@H]2[C@@H](C=C(C(=O)N[C@@H](C(=O)NCCO)[C@H](C)O)C[C@H]2OC(=O)c2ccccc2C=CC(=O)OCC(F)(F)F)O1. The van der Waals surface area contributed by atoms with Crippen LogP contribution in [-0.4, -0.2) is 96.1 Å². The number of hydrogen-bond donors (Lipinski definition) is 4. The van der Waals surface area contributed by atoms with E-state index in [2.05, 4.69) is 29.2 Å². The summed E-state index contributed by atoms with van der Waals surface area (Å²) in [6, 6.07) is 4.62. The summed E-state index contributed by atoms with van der Waals surface area (Å²) in [5.74, 6) is -4.53. The molecule has 4 N–H and O–H groups in total. The summed E-state index contributed by atoms with van der Waals surface area (Å²) in [6.07, 6.45) is 1.24. The van der Waals surface area contributed by atoms with Gasteiger partial charge in [0, 0.05) is 37.5 Å². The van der Waals surface area contributed by atoms with E-state index in [0.29, 0.717) is 12.8 Å². The van der Waals surface area contributed by atoms with Gasteiger partial charge in [-0.15, -0.1) is 0 Å². The molecule has 2 aliphatic rings. The number of hydrogen-bond acceptors (Lipinski definition) is 10. The van der Waals surface area contributed by atoms with Gasteiger partial charge < -0.3 is 39.8 Å². The number of unbranched alkanes of at least 4 members (excludes halogenated alkanes) is 4. The molecule has 1 saturated heterocycles. The molecule has 1 aliphatic heterocycles. The number of carbonyl (C=O) groups is 4. The number of benzene rings is 1. The Hall–Kier alpha value is -3.79. The highest BCUT2D eigenvalue weighted by Crippen LogP contribution is 2.43. The van der Waals surface area contributed by atoms with Crippen molar-refractivity contribution in [2.24, 2.45) is 0 Å². The molecule has 1 aromatic rings. The van der Waals surface area contributed by atoms with Crippen LogP contribution in [0.4, 0.5) is 13.2 Å². The Kier molecular flexibility index (Phi) is 16.1. The van der Waals surface area contributed by atoms with E-state index in [1.165, 1.54) is 25.1 Å². The normalized spacial score (nSPS) is 20.9. The molecular weight excluding hydrogens is 677 g/mol. The lowest BCUT2D eigenvalue weighted by atomic mass is 9.91. The topological polar surface area (TPSA) is 170 Å². The van der Waals surface area contributed by atoms with Gasteiger partial charge in [-0.25, -0.2) is 9.59 Å². The number of ether oxygens (including phenoxy) is 4. The van der Waals surface area contributed by atoms with Crippen LogP contribution in [0.1, 0.15) is 94.5 Å². The molecule has 1 fully saturated rings. The zero-order chi connectivity index (χ0) is 37.6. The number of halogens is 3. The van der Waals surface area contributed by atoms with Crippen molar-refractivity contribution in [1.29, 1.82) is 0 Å². The number of carbonyl (C=O) groups excluding carboxylic acids is 4. The van der Waals surface area contributed by atoms with E-state index >= 15 is 0 Å². The first-order valence-corrected chi connectivity index (χ1v) is 17.4. The first-order chi connectivity index (χ1) is 24.2. The summed E-state index contributed by atoms with van der Waals surface area (Å²) in [5, 5.41) is 24.3. The number of nitrogens with one attached hydrogen (secondary N) is 2. The summed E-state index contributed by atoms with van der Waals surface area (Å²) in [7, 11) is 0. The van der Waals surface area contributed by atoms with Crippen LogP contribution in [0.15, 0.2) is 42.0 Å². The molecule has 12 nitrogen and oxygen atoms in total. The van der Waals surface area contributed by atoms with Crippen LogP contribution in [0.25, 0.3) is 6.08 Å². The molecule has 1 aromatic carbocycles. The number of esters is 2. The molecule has 0 aromatic heterocycles. The fourth-order valence-corrected chi connectivity index (χ4v) is 5.92. The van der Waals surface area contributed by atoms with Crippen LogP contribution in [0.3, 0.4) is 0 Å². The quantitative estimate of drug-likeness (QED) is 0.0918. The van der Waals surface area contributed by atoms with Gasteiger partial charge in [-0.3, -0.25) is 9.59 Å². The summed E-state index contributed by atoms with van der Waals surface area (Å²) in [6.45, 7) is 3.29. The Morgan fingerprint density at radius 1 is 1.06 bits per heavy atom. The summed E-state index contributed by atoms with van der Waals surface area (Å²) in [4.78, 5) is 51.8. The molecular formula is C36H49F3N2O10. The van der Waals surface area contributed by atoms with Crippen LogP contribution >= 0.6 is 0 Å². The third kappa shape index (κ3) is 12.7. The van der Waals surface area contributed by atoms with Crippen LogP contribution in [-0.2, 0) is 33.3 Å². The third-order valence-corrected chi connectivity index (χ3v) is 8.47. The van der Waals surface area contributed by atoms with E-state index in [1.807, 2.05) is 0 Å². The minimum absolute atomic E-state index is 0.0136. The fourth-order valence-electron chi connectivity index (χ4n) is 5.92. The van der Waals surface area contributed by atoms with Gasteiger partial charge in [-0.1, -0.05) is 57.7 Å². The smallest absolute Gasteiger partial charge is 0.422 e. The molecule has 0 unspecified atom stereocenters. The van der Waals surface area contributed by atoms with E-state index < -0.39 is 72.8 Å². The Labute approximate surface area is 295 Å². The highest BCUT2D eigenvalue weighted by atomic mass is 19.4. The summed E-state index contributed by atoms with van der Waals surface area (Å²) < 4.78 is 60.8. The summed E-state index contributed by atoms with van der Waals surface area (Å²) in [5.41, 5.74) is 0.273. The lowest BCUT2D eigenvalue weighted by Gasteiger charge is -2.31. The van der Waals surface area contributed by atoms with E-state index in [0.717, 1.165) is 50.7 Å². The second kappa shape index (κ2) is 19.7. The lowest BCUT2D eigenvalue weighted by Crippen LogP contribution is -2.54. The van der Waals surface area contributed by atoms with Gasteiger partial charge in [0.2, 0.25) is 11.8 Å². The maximum Gasteiger partial charge on any atom is 0.422 e. The molecule has 3 rings (SSSR count). The number of aliphatic hydroxyl groups excluding tert-OH is 2. The Morgan fingerprint density at radius 2 is 1.73 bits per heavy atom. The van der Waals surface area contributed by atoms with Gasteiger partial charge in [-0.05, 0) is 43.5 Å². The predicted octanol–water partition coefficient (Wildman–Crippen LogP) is 4.28. The number of amides is 2. The van der Waals surface area contributed by atoms with Gasteiger partial charge in [0.05, 0.1) is 18.3 Å². The zero-order valence-corrected chi connectivity index (χ0v) is 29.2. The molecule has 51 heavy (non-hydrogen) atoms. The van der Waals surface area contributed by atoms with Crippen molar-refractivity contribution in [1.82, 2.24) is 10.6 Å². The van der Waals surface area contributed by atoms with Crippen LogP contribution in [0, 0.1) is 0 Å². The Balaban J connectivity index is 1.92. The van der Waals surface area contributed by atoms with E-state index in [4.69, 9.17) is 19.3 Å². The average Bonchev–Trinajstić information content (AvgIpc) is 3.46. The Morgan fingerprint density at radius 3 is 2.33 bits per heavy atom. The molecule has 1 heterocycles. The van der Waals surface area contributed by atoms with Crippen molar-refractivity contribution in [2.45, 2.75) is 121 Å². The predicted molar refractivity (Wildman–Crippen MR) is 179 cm³/mol. The van der Waals surface area contributed by atoms with E-state index in [9.17, 15) is 37.5 Å². The minimum Gasteiger partial charge on any atom is -0.456 e. The summed E-state index contributed by atoms with van der Waals surface area (Å²) >= 11 is 0. The number of alkyl halides is 3. The molecule has 0 saturated carbocycles. The standard InChI is InChI=1S/C36H49F3N2O10/c1-4-6-10-16-35(17-11-7-5-2)50-28-21-25(32(45)41-30(23(3)43)33(46)40-18-19-42)20-27(31(28)51-35)49-34(47)26-13-9-8-12-24(26)14-15-29(44)48-22-36(37,38)39/h8-9,12-15,21,23,27-28,30-31,42-43H,4-7,10-11,16-20,22H2,1-3H3,(H,40,46)(H,41,45)/t23-,27+,28+,30+,31-/m0/s1. The Bertz CT molecular complexity index is 1390. The minimum atomic E-state index is -4.70. The largest absolute Gasteiger partial charge is 0.456 e. The van der Waals surface area contributed by atoms with Crippen molar-refractivity contribution < 1.29 is 61.5 Å². The number of aliphatic hydroxyl groups is 2. The van der Waals surface area contributed by atoms with E-state index in [1.54, 1.807) is 12.1 Å². The van der Waals surface area contributed by atoms with Crippen molar-refractivity contribution in [3.05, 3.63) is 53.1 Å². The first-order valence-electron chi connectivity index (χ1n) is 17.4. The second-order valence-corrected chi connectivity index (χ2v) is 12.7. The number of rotatable bonds is 19. The van der Waals surface area contributed by atoms with Crippen molar-refractivity contribution >= 4 is 29.8 Å².